The first kappa shape index (κ1) is 16.3. The van der Waals surface area contributed by atoms with Gasteiger partial charge in [0.2, 0.25) is 5.91 Å². The number of nitrogens with zero attached hydrogens (tertiary/aromatic N) is 1. The van der Waals surface area contributed by atoms with Crippen LogP contribution in [0.5, 0.6) is 0 Å². The first-order chi connectivity index (χ1) is 10.6. The predicted octanol–water partition coefficient (Wildman–Crippen LogP) is 2.00. The number of nitrogens with one attached hydrogen (secondary N) is 2. The summed E-state index contributed by atoms with van der Waals surface area (Å²) >= 11 is 0. The van der Waals surface area contributed by atoms with Crippen LogP contribution in [0.3, 0.4) is 0 Å². The Morgan fingerprint density at radius 1 is 1.23 bits per heavy atom. The van der Waals surface area contributed by atoms with E-state index in [1.807, 2.05) is 0 Å². The maximum Gasteiger partial charge on any atom is 0.234 e. The van der Waals surface area contributed by atoms with E-state index in [2.05, 4.69) is 29.5 Å². The fourth-order valence-electron chi connectivity index (χ4n) is 5.11. The number of fused-ring (bicyclic) bond motifs is 2. The third kappa shape index (κ3) is 3.83. The minimum Gasteiger partial charge on any atom is -0.352 e. The fraction of sp³-hybridized carbons (Fsp3) is 0.944. The molecule has 0 radical (unpaired) electrons. The van der Waals surface area contributed by atoms with Crippen LogP contribution >= 0.6 is 0 Å². The zero-order chi connectivity index (χ0) is 15.5. The van der Waals surface area contributed by atoms with E-state index in [9.17, 15) is 4.79 Å². The molecule has 2 aliphatic carbocycles. The molecule has 0 aromatic heterocycles. The van der Waals surface area contributed by atoms with Crippen molar-refractivity contribution in [1.82, 2.24) is 15.5 Å². The lowest BCUT2D eigenvalue weighted by Gasteiger charge is -2.30. The molecule has 2 bridgehead atoms. The zero-order valence-corrected chi connectivity index (χ0v) is 14.3. The summed E-state index contributed by atoms with van der Waals surface area (Å²) in [5, 5.41) is 6.74. The monoisotopic (exact) mass is 307 g/mol. The van der Waals surface area contributed by atoms with Gasteiger partial charge in [0.15, 0.2) is 0 Å². The van der Waals surface area contributed by atoms with Crippen LogP contribution < -0.4 is 10.6 Å². The first-order valence-electron chi connectivity index (χ1n) is 9.34. The van der Waals surface area contributed by atoms with Crippen LogP contribution in [0.2, 0.25) is 0 Å². The number of rotatable bonds is 5. The van der Waals surface area contributed by atoms with Crippen molar-refractivity contribution >= 4 is 5.91 Å². The molecule has 0 aromatic carbocycles. The Kier molecular flexibility index (Phi) is 5.40. The Morgan fingerprint density at radius 3 is 2.82 bits per heavy atom. The normalized spacial score (nSPS) is 36.3. The quantitative estimate of drug-likeness (QED) is 0.816. The Balaban J connectivity index is 1.43. The molecular formula is C18H33N3O. The van der Waals surface area contributed by atoms with Gasteiger partial charge in [-0.2, -0.15) is 0 Å². The van der Waals surface area contributed by atoms with Crippen molar-refractivity contribution in [1.29, 1.82) is 0 Å². The van der Waals surface area contributed by atoms with Crippen molar-refractivity contribution in [2.24, 2.45) is 17.8 Å². The minimum atomic E-state index is 0.218. The van der Waals surface area contributed by atoms with Crippen molar-refractivity contribution in [2.45, 2.75) is 64.0 Å². The maximum absolute atomic E-state index is 12.4. The van der Waals surface area contributed by atoms with Crippen LogP contribution in [0.4, 0.5) is 0 Å². The highest BCUT2D eigenvalue weighted by Crippen LogP contribution is 2.49. The molecular weight excluding hydrogens is 274 g/mol. The summed E-state index contributed by atoms with van der Waals surface area (Å²) in [6, 6.07) is 0.908. The Morgan fingerprint density at radius 2 is 2.09 bits per heavy atom. The van der Waals surface area contributed by atoms with Gasteiger partial charge in [-0.25, -0.2) is 0 Å². The molecule has 0 aromatic rings. The van der Waals surface area contributed by atoms with Crippen LogP contribution in [0.1, 0.15) is 51.9 Å². The number of carbonyl (C=O) groups is 1. The SMILES string of the molecule is CC(NC(=O)CN(C)C1CCCNCC1)C1CC2CCC1C2. The van der Waals surface area contributed by atoms with E-state index < -0.39 is 0 Å². The van der Waals surface area contributed by atoms with Gasteiger partial charge in [0.25, 0.3) is 0 Å². The van der Waals surface area contributed by atoms with Crippen LogP contribution in [-0.4, -0.2) is 49.6 Å². The van der Waals surface area contributed by atoms with E-state index in [1.165, 1.54) is 38.5 Å². The van der Waals surface area contributed by atoms with E-state index in [1.54, 1.807) is 0 Å². The average Bonchev–Trinajstić information content (AvgIpc) is 3.01. The van der Waals surface area contributed by atoms with Gasteiger partial charge in [-0.05, 0) is 83.3 Å². The summed E-state index contributed by atoms with van der Waals surface area (Å²) in [6.07, 6.45) is 9.17. The Labute approximate surface area is 135 Å². The van der Waals surface area contributed by atoms with Crippen molar-refractivity contribution in [3.8, 4) is 0 Å². The van der Waals surface area contributed by atoms with Crippen LogP contribution in [0.15, 0.2) is 0 Å². The van der Waals surface area contributed by atoms with Crippen molar-refractivity contribution in [3.05, 3.63) is 0 Å². The second-order valence-corrected chi connectivity index (χ2v) is 7.94. The molecule has 1 saturated heterocycles. The molecule has 2 N–H and O–H groups in total. The highest BCUT2D eigenvalue weighted by molar-refractivity contribution is 5.78. The topological polar surface area (TPSA) is 44.4 Å². The Bertz CT molecular complexity index is 379. The van der Waals surface area contributed by atoms with E-state index in [4.69, 9.17) is 0 Å². The molecule has 1 aliphatic heterocycles. The number of likely N-dealkylation sites (N-methyl/N-ethyl adjacent to an activating group) is 1. The summed E-state index contributed by atoms with van der Waals surface area (Å²) in [6.45, 7) is 4.98. The highest BCUT2D eigenvalue weighted by Gasteiger charge is 2.42. The van der Waals surface area contributed by atoms with Crippen LogP contribution in [0.25, 0.3) is 0 Å². The van der Waals surface area contributed by atoms with Gasteiger partial charge in [0.05, 0.1) is 6.54 Å². The van der Waals surface area contributed by atoms with E-state index in [-0.39, 0.29) is 5.91 Å². The van der Waals surface area contributed by atoms with Gasteiger partial charge in [0.1, 0.15) is 0 Å². The number of hydrogen-bond acceptors (Lipinski definition) is 3. The lowest BCUT2D eigenvalue weighted by molar-refractivity contribution is -0.123. The average molecular weight is 307 g/mol. The molecule has 126 valence electrons. The van der Waals surface area contributed by atoms with Crippen molar-refractivity contribution in [2.75, 3.05) is 26.7 Å². The molecule has 5 atom stereocenters. The molecule has 5 unspecified atom stereocenters. The molecule has 4 nitrogen and oxygen atoms in total. The molecule has 3 rings (SSSR count). The van der Waals surface area contributed by atoms with Gasteiger partial charge in [-0.15, -0.1) is 0 Å². The van der Waals surface area contributed by atoms with Gasteiger partial charge < -0.3 is 10.6 Å². The van der Waals surface area contributed by atoms with Crippen LogP contribution in [0, 0.1) is 17.8 Å². The summed E-state index contributed by atoms with van der Waals surface area (Å²) in [7, 11) is 2.11. The standard InChI is InChI=1S/C18H33N3O/c1-13(17-11-14-5-6-15(17)10-14)20-18(22)12-21(2)16-4-3-8-19-9-7-16/h13-17,19H,3-12H2,1-2H3,(H,20,22). The zero-order valence-electron chi connectivity index (χ0n) is 14.3. The van der Waals surface area contributed by atoms with Gasteiger partial charge >= 0.3 is 0 Å². The number of amides is 1. The lowest BCUT2D eigenvalue weighted by Crippen LogP contribution is -2.46. The number of carbonyl (C=O) groups excluding carboxylic acids is 1. The first-order valence-corrected chi connectivity index (χ1v) is 9.34. The maximum atomic E-state index is 12.4. The van der Waals surface area contributed by atoms with Gasteiger partial charge in [0, 0.05) is 12.1 Å². The molecule has 1 heterocycles. The van der Waals surface area contributed by atoms with Crippen LogP contribution in [-0.2, 0) is 4.79 Å². The third-order valence-corrected chi connectivity index (χ3v) is 6.39. The summed E-state index contributed by atoms with van der Waals surface area (Å²) in [4.78, 5) is 14.6. The molecule has 3 fully saturated rings. The van der Waals surface area contributed by atoms with E-state index in [0.717, 1.165) is 37.3 Å². The molecule has 22 heavy (non-hydrogen) atoms. The summed E-state index contributed by atoms with van der Waals surface area (Å²) in [5.74, 6) is 2.78. The second kappa shape index (κ2) is 7.31. The van der Waals surface area contributed by atoms with Crippen molar-refractivity contribution in [3.63, 3.8) is 0 Å². The molecule has 1 amide bonds. The predicted molar refractivity (Wildman–Crippen MR) is 89.7 cm³/mol. The third-order valence-electron chi connectivity index (χ3n) is 6.39. The second-order valence-electron chi connectivity index (χ2n) is 7.94. The van der Waals surface area contributed by atoms with E-state index in [0.29, 0.717) is 18.6 Å². The summed E-state index contributed by atoms with van der Waals surface area (Å²) in [5.41, 5.74) is 0. The number of hydrogen-bond donors (Lipinski definition) is 2. The van der Waals surface area contributed by atoms with Crippen molar-refractivity contribution < 1.29 is 4.79 Å². The summed E-state index contributed by atoms with van der Waals surface area (Å²) < 4.78 is 0. The molecule has 3 aliphatic rings. The van der Waals surface area contributed by atoms with E-state index >= 15 is 0 Å². The minimum absolute atomic E-state index is 0.218. The highest BCUT2D eigenvalue weighted by atomic mass is 16.2. The smallest absolute Gasteiger partial charge is 0.234 e. The lowest BCUT2D eigenvalue weighted by atomic mass is 9.84. The fourth-order valence-corrected chi connectivity index (χ4v) is 5.11. The van der Waals surface area contributed by atoms with Gasteiger partial charge in [-0.1, -0.05) is 6.42 Å². The molecule has 2 saturated carbocycles. The molecule has 4 heteroatoms. The molecule has 0 spiro atoms. The largest absolute Gasteiger partial charge is 0.352 e. The Hall–Kier alpha value is -0.610. The van der Waals surface area contributed by atoms with Gasteiger partial charge in [-0.3, -0.25) is 9.69 Å².